The van der Waals surface area contributed by atoms with Crippen LogP contribution >= 0.6 is 0 Å². The van der Waals surface area contributed by atoms with E-state index in [1.54, 1.807) is 0 Å². The molecule has 0 heterocycles. The summed E-state index contributed by atoms with van der Waals surface area (Å²) in [4.78, 5) is 0. The quantitative estimate of drug-likeness (QED) is 0.431. The average Bonchev–Trinajstić information content (AvgIpc) is 2.42. The van der Waals surface area contributed by atoms with Gasteiger partial charge in [0.1, 0.15) is 0 Å². The van der Waals surface area contributed by atoms with Gasteiger partial charge in [-0.2, -0.15) is 5.92 Å². The molecule has 102 valence electrons. The third-order valence-corrected chi connectivity index (χ3v) is 5.35. The van der Waals surface area contributed by atoms with Crippen LogP contribution in [0.3, 0.4) is 0 Å². The summed E-state index contributed by atoms with van der Waals surface area (Å²) < 4.78 is 0. The number of rotatable bonds is 1. The molecule has 0 nitrogen and oxygen atoms in total. The van der Waals surface area contributed by atoms with E-state index in [4.69, 9.17) is 0 Å². The molecule has 0 N–H and O–H groups in total. The Morgan fingerprint density at radius 3 is 1.94 bits per heavy atom. The molecule has 0 aromatic heterocycles. The zero-order valence-electron chi connectivity index (χ0n) is 13.5. The fraction of sp³-hybridized carbons (Fsp3) is 0.941. The molecule has 2 rings (SSSR count). The van der Waals surface area contributed by atoms with Crippen LogP contribution in [0.1, 0.15) is 79.0 Å². The molecular weight excluding hydrogens is 213 g/mol. The van der Waals surface area contributed by atoms with E-state index in [-0.39, 0.29) is 11.5 Å². The average molecular weight is 245 g/mol. The molecule has 18 heavy (non-hydrogen) atoms. The first-order valence-corrected chi connectivity index (χ1v) is 8.10. The molecule has 0 spiro atoms. The SMILES string of the molecule is [Be+2].[CH2-]C1CCC(C2CCCCCCCC2)C(C)C1.[H-]. The van der Waals surface area contributed by atoms with Crippen molar-refractivity contribution >= 4 is 10.1 Å². The second kappa shape index (κ2) is 8.36. The van der Waals surface area contributed by atoms with Gasteiger partial charge in [-0.1, -0.05) is 77.6 Å². The predicted octanol–water partition coefficient (Wildman–Crippen LogP) is 5.36. The molecule has 1 heteroatoms. The molecular formula is C17H32Be. The van der Waals surface area contributed by atoms with Crippen LogP contribution in [-0.2, 0) is 0 Å². The van der Waals surface area contributed by atoms with E-state index in [0.29, 0.717) is 0 Å². The van der Waals surface area contributed by atoms with Gasteiger partial charge in [0.15, 0.2) is 0 Å². The Morgan fingerprint density at radius 2 is 1.39 bits per heavy atom. The summed E-state index contributed by atoms with van der Waals surface area (Å²) in [7, 11) is 0. The minimum atomic E-state index is 0. The van der Waals surface area contributed by atoms with Crippen molar-refractivity contribution in [1.82, 2.24) is 0 Å². The van der Waals surface area contributed by atoms with Gasteiger partial charge in [0.05, 0.1) is 0 Å². The molecule has 2 fully saturated rings. The Balaban J connectivity index is 0.00000162. The fourth-order valence-corrected chi connectivity index (χ4v) is 4.32. The van der Waals surface area contributed by atoms with E-state index in [2.05, 4.69) is 13.8 Å². The zero-order valence-corrected chi connectivity index (χ0v) is 12.5. The first-order valence-electron chi connectivity index (χ1n) is 8.10. The van der Waals surface area contributed by atoms with Gasteiger partial charge in [-0.3, -0.25) is 0 Å². The molecule has 0 aromatic carbocycles. The molecule has 0 radical (unpaired) electrons. The van der Waals surface area contributed by atoms with E-state index < -0.39 is 0 Å². The first kappa shape index (κ1) is 16.2. The summed E-state index contributed by atoms with van der Waals surface area (Å²) in [5, 5.41) is 0. The standard InChI is InChI=1S/C17H31.Be.H/c1-14-11-12-17(15(2)13-14)16-9-7-5-3-4-6-8-10-16;;/h14-17H,1,3-13H2,2H3;;/q-1;+2;-1. The van der Waals surface area contributed by atoms with Gasteiger partial charge in [0.25, 0.3) is 0 Å². The molecule has 3 atom stereocenters. The maximum atomic E-state index is 4.28. The molecule has 0 aliphatic heterocycles. The van der Waals surface area contributed by atoms with Crippen LogP contribution in [0.5, 0.6) is 0 Å². The van der Waals surface area contributed by atoms with Crippen molar-refractivity contribution in [3.63, 3.8) is 0 Å². The van der Waals surface area contributed by atoms with Crippen molar-refractivity contribution in [2.24, 2.45) is 23.7 Å². The Bertz CT molecular complexity index is 209. The van der Waals surface area contributed by atoms with E-state index in [1.807, 2.05) is 0 Å². The van der Waals surface area contributed by atoms with Crippen LogP contribution in [0.15, 0.2) is 0 Å². The van der Waals surface area contributed by atoms with Gasteiger partial charge in [-0.25, -0.2) is 0 Å². The Morgan fingerprint density at radius 1 is 0.833 bits per heavy atom. The molecule has 2 saturated carbocycles. The van der Waals surface area contributed by atoms with Crippen molar-refractivity contribution < 1.29 is 1.43 Å². The van der Waals surface area contributed by atoms with E-state index >= 15 is 0 Å². The van der Waals surface area contributed by atoms with Crippen molar-refractivity contribution in [1.29, 1.82) is 0 Å². The molecule has 0 amide bonds. The number of hydrogen-bond donors (Lipinski definition) is 0. The Labute approximate surface area is 120 Å². The minimum Gasteiger partial charge on any atom is -1.00 e. The largest absolute Gasteiger partial charge is 2.00 e. The van der Waals surface area contributed by atoms with E-state index in [1.165, 1.54) is 70.6 Å². The molecule has 0 aromatic rings. The predicted molar refractivity (Wildman–Crippen MR) is 82.6 cm³/mol. The molecule has 2 aliphatic carbocycles. The smallest absolute Gasteiger partial charge is 1.00 e. The van der Waals surface area contributed by atoms with Crippen LogP contribution < -0.4 is 0 Å². The summed E-state index contributed by atoms with van der Waals surface area (Å²) in [5.74, 6) is 3.77. The summed E-state index contributed by atoms with van der Waals surface area (Å²) >= 11 is 0. The molecule has 2 aliphatic rings. The van der Waals surface area contributed by atoms with E-state index in [0.717, 1.165) is 23.7 Å². The van der Waals surface area contributed by atoms with Gasteiger partial charge >= 0.3 is 10.1 Å². The Hall–Kier alpha value is 0.169. The second-order valence-electron chi connectivity index (χ2n) is 6.78. The van der Waals surface area contributed by atoms with Crippen LogP contribution in [0.25, 0.3) is 0 Å². The minimum absolute atomic E-state index is 0. The van der Waals surface area contributed by atoms with Crippen LogP contribution in [-0.4, -0.2) is 10.1 Å². The maximum absolute atomic E-state index is 4.28. The van der Waals surface area contributed by atoms with E-state index in [9.17, 15) is 0 Å². The third kappa shape index (κ3) is 4.69. The fourth-order valence-electron chi connectivity index (χ4n) is 4.32. The van der Waals surface area contributed by atoms with Crippen LogP contribution in [0.4, 0.5) is 0 Å². The molecule has 3 unspecified atom stereocenters. The summed E-state index contributed by atoms with van der Waals surface area (Å²) in [6.07, 6.45) is 16.3. The van der Waals surface area contributed by atoms with Crippen molar-refractivity contribution in [3.8, 4) is 0 Å². The normalized spacial score (nSPS) is 36.0. The van der Waals surface area contributed by atoms with Crippen molar-refractivity contribution in [3.05, 3.63) is 6.92 Å². The Kier molecular flexibility index (Phi) is 7.54. The van der Waals surface area contributed by atoms with Gasteiger partial charge in [0.2, 0.25) is 0 Å². The first-order chi connectivity index (χ1) is 8.27. The third-order valence-electron chi connectivity index (χ3n) is 5.35. The summed E-state index contributed by atoms with van der Waals surface area (Å²) in [5.41, 5.74) is 0. The van der Waals surface area contributed by atoms with Gasteiger partial charge in [-0.15, -0.1) is 0 Å². The topological polar surface area (TPSA) is 0 Å². The monoisotopic (exact) mass is 245 g/mol. The summed E-state index contributed by atoms with van der Waals surface area (Å²) in [6, 6.07) is 0. The zero-order chi connectivity index (χ0) is 12.1. The maximum Gasteiger partial charge on any atom is 2.00 e. The second-order valence-corrected chi connectivity index (χ2v) is 6.78. The molecule has 0 saturated heterocycles. The summed E-state index contributed by atoms with van der Waals surface area (Å²) in [6.45, 7) is 6.77. The van der Waals surface area contributed by atoms with Crippen LogP contribution in [0, 0.1) is 30.6 Å². The number of hydrogen-bond acceptors (Lipinski definition) is 0. The van der Waals surface area contributed by atoms with Gasteiger partial charge in [0, 0.05) is 0 Å². The van der Waals surface area contributed by atoms with Crippen LogP contribution in [0.2, 0.25) is 0 Å². The molecule has 0 bridgehead atoms. The van der Waals surface area contributed by atoms with Crippen molar-refractivity contribution in [2.75, 3.05) is 0 Å². The van der Waals surface area contributed by atoms with Gasteiger partial charge in [-0.05, 0) is 17.8 Å². The van der Waals surface area contributed by atoms with Gasteiger partial charge < -0.3 is 8.35 Å². The van der Waals surface area contributed by atoms with Crippen molar-refractivity contribution in [2.45, 2.75) is 77.6 Å².